The minimum absolute atomic E-state index is 0.162. The summed E-state index contributed by atoms with van der Waals surface area (Å²) in [6.07, 6.45) is 1.99. The molecule has 0 atom stereocenters. The van der Waals surface area contributed by atoms with Crippen molar-refractivity contribution in [1.29, 1.82) is 0 Å². The Balaban J connectivity index is 1.53. The van der Waals surface area contributed by atoms with Crippen molar-refractivity contribution in [2.24, 2.45) is 0 Å². The average molecular weight is 410 g/mol. The first-order valence-corrected chi connectivity index (χ1v) is 10.9. The zero-order valence-corrected chi connectivity index (χ0v) is 18.0. The monoisotopic (exact) mass is 409 g/mol. The Morgan fingerprint density at radius 3 is 2.62 bits per heavy atom. The van der Waals surface area contributed by atoms with Crippen LogP contribution >= 0.6 is 11.3 Å². The van der Waals surface area contributed by atoms with E-state index in [2.05, 4.69) is 44.8 Å². The summed E-state index contributed by atoms with van der Waals surface area (Å²) >= 11 is 1.67. The number of hydrogen-bond acceptors (Lipinski definition) is 6. The molecule has 0 radical (unpaired) electrons. The Morgan fingerprint density at radius 1 is 1.21 bits per heavy atom. The second kappa shape index (κ2) is 8.47. The smallest absolute Gasteiger partial charge is 0.236 e. The predicted molar refractivity (Wildman–Crippen MR) is 119 cm³/mol. The number of fused-ring (bicyclic) bond motifs is 1. The number of carbonyl (C=O) groups is 1. The molecule has 1 saturated heterocycles. The van der Waals surface area contributed by atoms with Crippen molar-refractivity contribution in [2.45, 2.75) is 25.8 Å². The number of nitrogens with zero attached hydrogens (tertiary/aromatic N) is 4. The number of carbonyl (C=O) groups excluding carboxylic acids is 1. The standard InChI is InChI=1S/C22H27N5OS/c1-15-23-21(25-17-9-11-27(12-10-17)13-19(28)26(2)3)20-18(14-29-22(20)24-15)16-7-5-4-6-8-16/h4-8,14,17H,9-13H2,1-3H3,(H,23,24,25). The topological polar surface area (TPSA) is 61.4 Å². The lowest BCUT2D eigenvalue weighted by Crippen LogP contribution is -2.44. The van der Waals surface area contributed by atoms with Crippen molar-refractivity contribution < 1.29 is 4.79 Å². The quantitative estimate of drug-likeness (QED) is 0.697. The minimum Gasteiger partial charge on any atom is -0.367 e. The predicted octanol–water partition coefficient (Wildman–Crippen LogP) is 3.63. The molecule has 3 aromatic rings. The molecule has 0 spiro atoms. The van der Waals surface area contributed by atoms with Gasteiger partial charge >= 0.3 is 0 Å². The van der Waals surface area contributed by atoms with Crippen LogP contribution in [0.15, 0.2) is 35.7 Å². The van der Waals surface area contributed by atoms with Crippen LogP contribution in [0.5, 0.6) is 0 Å². The van der Waals surface area contributed by atoms with Crippen LogP contribution in [0, 0.1) is 6.92 Å². The number of likely N-dealkylation sites (tertiary alicyclic amines) is 1. The average Bonchev–Trinajstić information content (AvgIpc) is 3.14. The highest BCUT2D eigenvalue weighted by Crippen LogP contribution is 2.37. The summed E-state index contributed by atoms with van der Waals surface area (Å²) in [4.78, 5) is 26.3. The molecule has 3 heterocycles. The molecule has 7 heteroatoms. The Kier molecular flexibility index (Phi) is 5.78. The van der Waals surface area contributed by atoms with Crippen LogP contribution in [0.1, 0.15) is 18.7 Å². The Bertz CT molecular complexity index is 993. The molecule has 6 nitrogen and oxygen atoms in total. The van der Waals surface area contributed by atoms with Gasteiger partial charge in [0.15, 0.2) is 0 Å². The largest absolute Gasteiger partial charge is 0.367 e. The lowest BCUT2D eigenvalue weighted by Gasteiger charge is -2.32. The lowest BCUT2D eigenvalue weighted by atomic mass is 10.0. The molecule has 1 aliphatic rings. The molecule has 152 valence electrons. The molecule has 1 amide bonds. The van der Waals surface area contributed by atoms with E-state index in [1.165, 1.54) is 11.1 Å². The first kappa shape index (κ1) is 19.8. The van der Waals surface area contributed by atoms with Gasteiger partial charge < -0.3 is 10.2 Å². The number of hydrogen-bond donors (Lipinski definition) is 1. The zero-order chi connectivity index (χ0) is 20.4. The van der Waals surface area contributed by atoms with E-state index in [0.717, 1.165) is 47.8 Å². The minimum atomic E-state index is 0.162. The van der Waals surface area contributed by atoms with Crippen LogP contribution < -0.4 is 5.32 Å². The molecule has 29 heavy (non-hydrogen) atoms. The zero-order valence-electron chi connectivity index (χ0n) is 17.2. The number of rotatable bonds is 5. The van der Waals surface area contributed by atoms with Crippen molar-refractivity contribution in [3.8, 4) is 11.1 Å². The van der Waals surface area contributed by atoms with Gasteiger partial charge in [-0.05, 0) is 25.3 Å². The molecular weight excluding hydrogens is 382 g/mol. The van der Waals surface area contributed by atoms with Crippen LogP contribution in [-0.2, 0) is 4.79 Å². The summed E-state index contributed by atoms with van der Waals surface area (Å²) in [7, 11) is 3.62. The van der Waals surface area contributed by atoms with E-state index in [9.17, 15) is 4.79 Å². The van der Waals surface area contributed by atoms with Crippen molar-refractivity contribution >= 4 is 33.3 Å². The lowest BCUT2D eigenvalue weighted by molar-refractivity contribution is -0.130. The summed E-state index contributed by atoms with van der Waals surface area (Å²) in [5.41, 5.74) is 2.37. The Hall–Kier alpha value is -2.51. The van der Waals surface area contributed by atoms with E-state index in [4.69, 9.17) is 4.98 Å². The van der Waals surface area contributed by atoms with Crippen LogP contribution in [-0.4, -0.2) is 65.4 Å². The molecule has 2 aromatic heterocycles. The number of amides is 1. The van der Waals surface area contributed by atoms with Gasteiger partial charge in [-0.1, -0.05) is 30.3 Å². The second-order valence-electron chi connectivity index (χ2n) is 7.80. The van der Waals surface area contributed by atoms with Crippen LogP contribution in [0.2, 0.25) is 0 Å². The maximum atomic E-state index is 12.0. The summed E-state index contributed by atoms with van der Waals surface area (Å²) in [6, 6.07) is 10.8. The Morgan fingerprint density at radius 2 is 1.93 bits per heavy atom. The van der Waals surface area contributed by atoms with Gasteiger partial charge in [-0.15, -0.1) is 11.3 Å². The summed E-state index contributed by atoms with van der Waals surface area (Å²) in [5.74, 6) is 1.88. The normalized spacial score (nSPS) is 15.6. The van der Waals surface area contributed by atoms with Crippen LogP contribution in [0.4, 0.5) is 5.82 Å². The second-order valence-corrected chi connectivity index (χ2v) is 8.66. The fourth-order valence-corrected chi connectivity index (χ4v) is 4.74. The fraction of sp³-hybridized carbons (Fsp3) is 0.409. The number of aromatic nitrogens is 2. The highest BCUT2D eigenvalue weighted by atomic mass is 32.1. The third-order valence-electron chi connectivity index (χ3n) is 5.42. The highest BCUT2D eigenvalue weighted by Gasteiger charge is 2.23. The fourth-order valence-electron chi connectivity index (χ4n) is 3.74. The van der Waals surface area contributed by atoms with Crippen molar-refractivity contribution in [3.05, 3.63) is 41.5 Å². The Labute approximate surface area is 175 Å². The van der Waals surface area contributed by atoms with Gasteiger partial charge in [0.25, 0.3) is 0 Å². The third kappa shape index (κ3) is 4.41. The van der Waals surface area contributed by atoms with Crippen molar-refractivity contribution in [3.63, 3.8) is 0 Å². The summed E-state index contributed by atoms with van der Waals surface area (Å²) < 4.78 is 0. The van der Waals surface area contributed by atoms with E-state index < -0.39 is 0 Å². The van der Waals surface area contributed by atoms with Gasteiger partial charge in [0.2, 0.25) is 5.91 Å². The van der Waals surface area contributed by atoms with E-state index in [-0.39, 0.29) is 5.91 Å². The molecule has 0 aliphatic carbocycles. The number of benzene rings is 1. The van der Waals surface area contributed by atoms with Gasteiger partial charge in [0, 0.05) is 44.2 Å². The molecule has 1 N–H and O–H groups in total. The van der Waals surface area contributed by atoms with Crippen molar-refractivity contribution in [2.75, 3.05) is 39.0 Å². The number of likely N-dealkylation sites (N-methyl/N-ethyl adjacent to an activating group) is 1. The van der Waals surface area contributed by atoms with Gasteiger partial charge in [-0.3, -0.25) is 9.69 Å². The first-order valence-electron chi connectivity index (χ1n) is 10.0. The third-order valence-corrected chi connectivity index (χ3v) is 6.29. The maximum Gasteiger partial charge on any atom is 0.236 e. The van der Waals surface area contributed by atoms with Gasteiger partial charge in [0.1, 0.15) is 16.5 Å². The number of piperidine rings is 1. The van der Waals surface area contributed by atoms with Gasteiger partial charge in [-0.25, -0.2) is 9.97 Å². The highest BCUT2D eigenvalue weighted by molar-refractivity contribution is 7.17. The number of anilines is 1. The number of aryl methyl sites for hydroxylation is 1. The molecule has 0 unspecified atom stereocenters. The molecule has 0 bridgehead atoms. The van der Waals surface area contributed by atoms with Crippen molar-refractivity contribution in [1.82, 2.24) is 19.8 Å². The van der Waals surface area contributed by atoms with E-state index >= 15 is 0 Å². The molecule has 1 fully saturated rings. The maximum absolute atomic E-state index is 12.0. The van der Waals surface area contributed by atoms with Crippen LogP contribution in [0.3, 0.4) is 0 Å². The SMILES string of the molecule is Cc1nc(NC2CCN(CC(=O)N(C)C)CC2)c2c(-c3ccccc3)csc2n1. The van der Waals surface area contributed by atoms with E-state index in [1.54, 1.807) is 16.2 Å². The number of thiophene rings is 1. The van der Waals surface area contributed by atoms with Gasteiger partial charge in [-0.2, -0.15) is 0 Å². The molecular formula is C22H27N5OS. The molecule has 4 rings (SSSR count). The summed E-state index contributed by atoms with van der Waals surface area (Å²) in [5, 5.41) is 6.97. The summed E-state index contributed by atoms with van der Waals surface area (Å²) in [6.45, 7) is 4.28. The van der Waals surface area contributed by atoms with Crippen LogP contribution in [0.25, 0.3) is 21.3 Å². The van der Waals surface area contributed by atoms with E-state index in [1.807, 2.05) is 27.1 Å². The number of nitrogens with one attached hydrogen (secondary N) is 1. The molecule has 1 aliphatic heterocycles. The van der Waals surface area contributed by atoms with Gasteiger partial charge in [0.05, 0.1) is 11.9 Å². The van der Waals surface area contributed by atoms with E-state index in [0.29, 0.717) is 12.6 Å². The molecule has 0 saturated carbocycles. The molecule has 1 aromatic carbocycles. The first-order chi connectivity index (χ1) is 14.0.